The second kappa shape index (κ2) is 8.31. The maximum atomic E-state index is 12.6. The zero-order chi connectivity index (χ0) is 18.5. The first kappa shape index (κ1) is 18.4. The number of pyridine rings is 1. The maximum absolute atomic E-state index is 12.6. The molecule has 7 nitrogen and oxygen atoms in total. The molecule has 0 N–H and O–H groups in total. The molecule has 0 radical (unpaired) electrons. The number of anilines is 1. The molecule has 1 fully saturated rings. The number of aromatic nitrogens is 3. The Morgan fingerprint density at radius 3 is 2.69 bits per heavy atom. The summed E-state index contributed by atoms with van der Waals surface area (Å²) in [6.45, 7) is 3.93. The minimum absolute atomic E-state index is 0.0454. The molecule has 26 heavy (non-hydrogen) atoms. The highest BCUT2D eigenvalue weighted by atomic mass is 35.5. The maximum Gasteiger partial charge on any atom is 0.227 e. The fourth-order valence-electron chi connectivity index (χ4n) is 3.10. The minimum atomic E-state index is -0.132. The van der Waals surface area contributed by atoms with Gasteiger partial charge >= 0.3 is 0 Å². The number of amides is 2. The van der Waals surface area contributed by atoms with Crippen LogP contribution in [0.2, 0.25) is 5.15 Å². The van der Waals surface area contributed by atoms with E-state index < -0.39 is 0 Å². The second-order valence-corrected chi connectivity index (χ2v) is 6.54. The van der Waals surface area contributed by atoms with E-state index in [9.17, 15) is 9.59 Å². The molecule has 2 aromatic rings. The summed E-state index contributed by atoms with van der Waals surface area (Å²) in [7, 11) is 0. The summed E-state index contributed by atoms with van der Waals surface area (Å²) in [5.41, 5.74) is 1.30. The molecule has 1 saturated heterocycles. The van der Waals surface area contributed by atoms with Crippen LogP contribution >= 0.6 is 11.6 Å². The first-order valence-electron chi connectivity index (χ1n) is 8.84. The summed E-state index contributed by atoms with van der Waals surface area (Å²) in [4.78, 5) is 32.3. The Hall–Kier alpha value is -2.41. The number of hydrogen-bond acceptors (Lipinski definition) is 4. The van der Waals surface area contributed by atoms with Crippen LogP contribution in [-0.4, -0.2) is 51.1 Å². The van der Waals surface area contributed by atoms with Gasteiger partial charge < -0.3 is 9.80 Å². The fourth-order valence-corrected chi connectivity index (χ4v) is 3.33. The van der Waals surface area contributed by atoms with Crippen molar-refractivity contribution < 1.29 is 9.59 Å². The number of halogens is 1. The molecule has 2 amide bonds. The van der Waals surface area contributed by atoms with Crippen molar-refractivity contribution in [3.05, 3.63) is 35.9 Å². The Labute approximate surface area is 157 Å². The van der Waals surface area contributed by atoms with Gasteiger partial charge in [-0.3, -0.25) is 14.6 Å². The molecule has 3 rings (SSSR count). The number of nitrogens with zero attached hydrogens (tertiary/aromatic N) is 5. The molecule has 2 aromatic heterocycles. The van der Waals surface area contributed by atoms with Gasteiger partial charge in [0.05, 0.1) is 18.1 Å². The predicted molar refractivity (Wildman–Crippen MR) is 99.4 cm³/mol. The topological polar surface area (TPSA) is 71.3 Å². The van der Waals surface area contributed by atoms with E-state index in [0.717, 1.165) is 31.6 Å². The molecule has 0 spiro atoms. The van der Waals surface area contributed by atoms with Crippen molar-refractivity contribution >= 4 is 29.1 Å². The number of hydrogen-bond donors (Lipinski definition) is 0. The van der Waals surface area contributed by atoms with Crippen LogP contribution in [0, 0.1) is 0 Å². The fraction of sp³-hybridized carbons (Fsp3) is 0.444. The number of likely N-dealkylation sites (tertiary alicyclic amines) is 1. The lowest BCUT2D eigenvalue weighted by Crippen LogP contribution is -2.33. The van der Waals surface area contributed by atoms with Gasteiger partial charge in [0.1, 0.15) is 5.69 Å². The normalized spacial score (nSPS) is 13.8. The Kier molecular flexibility index (Phi) is 5.88. The molecule has 3 heterocycles. The lowest BCUT2D eigenvalue weighted by Gasteiger charge is -2.20. The van der Waals surface area contributed by atoms with Gasteiger partial charge in [0, 0.05) is 38.7 Å². The molecule has 0 unspecified atom stereocenters. The van der Waals surface area contributed by atoms with Crippen LogP contribution < -0.4 is 4.90 Å². The summed E-state index contributed by atoms with van der Waals surface area (Å²) < 4.78 is 1.59. The van der Waals surface area contributed by atoms with Gasteiger partial charge in [0.15, 0.2) is 5.15 Å². The zero-order valence-corrected chi connectivity index (χ0v) is 15.5. The highest BCUT2D eigenvalue weighted by molar-refractivity contribution is 6.32. The van der Waals surface area contributed by atoms with Crippen LogP contribution in [0.4, 0.5) is 5.69 Å². The van der Waals surface area contributed by atoms with Gasteiger partial charge in [-0.25, -0.2) is 4.68 Å². The Morgan fingerprint density at radius 2 is 2.04 bits per heavy atom. The van der Waals surface area contributed by atoms with E-state index in [-0.39, 0.29) is 29.8 Å². The zero-order valence-electron chi connectivity index (χ0n) is 14.8. The number of rotatable bonds is 6. The number of carbonyl (C=O) groups is 2. The number of carbonyl (C=O) groups excluding carboxylic acids is 2. The second-order valence-electron chi connectivity index (χ2n) is 6.19. The molecule has 0 saturated carbocycles. The highest BCUT2D eigenvalue weighted by Gasteiger charge is 2.23. The third-order valence-electron chi connectivity index (χ3n) is 4.48. The molecular weight excluding hydrogens is 354 g/mol. The average Bonchev–Trinajstić information content (AvgIpc) is 3.32. The molecule has 0 bridgehead atoms. The van der Waals surface area contributed by atoms with Gasteiger partial charge in [0.25, 0.3) is 0 Å². The van der Waals surface area contributed by atoms with Gasteiger partial charge in [-0.05, 0) is 31.9 Å². The van der Waals surface area contributed by atoms with Crippen LogP contribution in [0.5, 0.6) is 0 Å². The van der Waals surface area contributed by atoms with E-state index in [1.807, 2.05) is 17.9 Å². The monoisotopic (exact) mass is 375 g/mol. The smallest absolute Gasteiger partial charge is 0.227 e. The molecule has 0 aliphatic carbocycles. The van der Waals surface area contributed by atoms with Crippen molar-refractivity contribution in [2.24, 2.45) is 0 Å². The van der Waals surface area contributed by atoms with E-state index in [4.69, 9.17) is 11.6 Å². The summed E-state index contributed by atoms with van der Waals surface area (Å²) in [6, 6.07) is 3.66. The van der Waals surface area contributed by atoms with Crippen molar-refractivity contribution in [1.82, 2.24) is 19.7 Å². The summed E-state index contributed by atoms with van der Waals surface area (Å²) >= 11 is 6.26. The summed E-state index contributed by atoms with van der Waals surface area (Å²) in [6.07, 6.45) is 7.53. The van der Waals surface area contributed by atoms with Crippen molar-refractivity contribution in [3.8, 4) is 5.69 Å². The molecular formula is C18H22ClN5O2. The SMILES string of the molecule is CCN(C(=O)CCC(=O)N1CCCC1)c1cn(-c2cccnc2)nc1Cl. The van der Waals surface area contributed by atoms with E-state index in [2.05, 4.69) is 10.1 Å². The van der Waals surface area contributed by atoms with E-state index >= 15 is 0 Å². The largest absolute Gasteiger partial charge is 0.343 e. The third kappa shape index (κ3) is 4.04. The van der Waals surface area contributed by atoms with Crippen LogP contribution in [0.15, 0.2) is 30.7 Å². The average molecular weight is 376 g/mol. The molecule has 0 atom stereocenters. The van der Waals surface area contributed by atoms with Crippen LogP contribution in [0.25, 0.3) is 5.69 Å². The van der Waals surface area contributed by atoms with Crippen LogP contribution in [-0.2, 0) is 9.59 Å². The Bertz CT molecular complexity index is 771. The van der Waals surface area contributed by atoms with E-state index in [0.29, 0.717) is 12.2 Å². The quantitative estimate of drug-likeness (QED) is 0.778. The third-order valence-corrected chi connectivity index (χ3v) is 4.75. The van der Waals surface area contributed by atoms with Gasteiger partial charge in [-0.1, -0.05) is 11.6 Å². The predicted octanol–water partition coefficient (Wildman–Crippen LogP) is 2.68. The summed E-state index contributed by atoms with van der Waals surface area (Å²) in [5, 5.41) is 4.51. The lowest BCUT2D eigenvalue weighted by molar-refractivity contribution is -0.132. The highest BCUT2D eigenvalue weighted by Crippen LogP contribution is 2.26. The van der Waals surface area contributed by atoms with Crippen molar-refractivity contribution in [1.29, 1.82) is 0 Å². The standard InChI is InChI=1S/C18H22ClN5O2/c1-2-23(17(26)8-7-16(25)22-10-3-4-11-22)15-13-24(21-18(15)19)14-6-5-9-20-12-14/h5-6,9,12-13H,2-4,7-8,10-11H2,1H3. The molecule has 1 aliphatic rings. The first-order chi connectivity index (χ1) is 12.6. The van der Waals surface area contributed by atoms with Gasteiger partial charge in [-0.2, -0.15) is 5.10 Å². The van der Waals surface area contributed by atoms with Crippen LogP contribution in [0.3, 0.4) is 0 Å². The molecule has 138 valence electrons. The van der Waals surface area contributed by atoms with Crippen molar-refractivity contribution in [2.75, 3.05) is 24.5 Å². The van der Waals surface area contributed by atoms with E-state index in [1.54, 1.807) is 34.2 Å². The lowest BCUT2D eigenvalue weighted by atomic mass is 10.2. The van der Waals surface area contributed by atoms with Crippen LogP contribution in [0.1, 0.15) is 32.6 Å². The Balaban J connectivity index is 1.69. The molecule has 1 aliphatic heterocycles. The first-order valence-corrected chi connectivity index (χ1v) is 9.21. The Morgan fingerprint density at radius 1 is 1.27 bits per heavy atom. The molecule has 0 aromatic carbocycles. The minimum Gasteiger partial charge on any atom is -0.343 e. The van der Waals surface area contributed by atoms with Crippen molar-refractivity contribution in [2.45, 2.75) is 32.6 Å². The van der Waals surface area contributed by atoms with E-state index in [1.165, 1.54) is 0 Å². The van der Waals surface area contributed by atoms with Crippen molar-refractivity contribution in [3.63, 3.8) is 0 Å². The van der Waals surface area contributed by atoms with Gasteiger partial charge in [0.2, 0.25) is 11.8 Å². The molecule has 8 heteroatoms. The van der Waals surface area contributed by atoms with Gasteiger partial charge in [-0.15, -0.1) is 0 Å². The summed E-state index contributed by atoms with van der Waals surface area (Å²) in [5.74, 6) is -0.0864.